The van der Waals surface area contributed by atoms with Gasteiger partial charge in [0, 0.05) is 31.2 Å². The van der Waals surface area contributed by atoms with Crippen LogP contribution in [-0.4, -0.2) is 30.6 Å². The second kappa shape index (κ2) is 6.25. The molecular formula is C14H20F2N2. The Bertz CT molecular complexity index is 391. The number of hydrogen-bond acceptors (Lipinski definition) is 2. The number of rotatable bonds is 7. The number of benzene rings is 1. The first-order valence-electron chi connectivity index (χ1n) is 6.59. The van der Waals surface area contributed by atoms with Crippen molar-refractivity contribution in [1.82, 2.24) is 10.2 Å². The van der Waals surface area contributed by atoms with Gasteiger partial charge in [0.25, 0.3) is 0 Å². The van der Waals surface area contributed by atoms with Crippen molar-refractivity contribution >= 4 is 0 Å². The van der Waals surface area contributed by atoms with Crippen LogP contribution in [0.1, 0.15) is 25.3 Å². The van der Waals surface area contributed by atoms with E-state index in [1.54, 1.807) is 0 Å². The lowest BCUT2D eigenvalue weighted by molar-refractivity contribution is 0.276. The summed E-state index contributed by atoms with van der Waals surface area (Å²) in [6.07, 6.45) is 2.60. The van der Waals surface area contributed by atoms with Crippen LogP contribution in [0.5, 0.6) is 0 Å². The largest absolute Gasteiger partial charge is 0.311 e. The first-order chi connectivity index (χ1) is 8.70. The summed E-state index contributed by atoms with van der Waals surface area (Å²) < 4.78 is 26.3. The van der Waals surface area contributed by atoms with E-state index in [1.165, 1.54) is 25.0 Å². The molecule has 0 saturated heterocycles. The molecule has 1 aliphatic carbocycles. The molecule has 100 valence electrons. The van der Waals surface area contributed by atoms with Gasteiger partial charge in [-0.25, -0.2) is 8.78 Å². The highest BCUT2D eigenvalue weighted by Crippen LogP contribution is 2.25. The fraction of sp³-hybridized carbons (Fsp3) is 0.571. The van der Waals surface area contributed by atoms with E-state index in [9.17, 15) is 8.78 Å². The summed E-state index contributed by atoms with van der Waals surface area (Å²) in [6.45, 7) is 5.37. The zero-order chi connectivity index (χ0) is 13.0. The third-order valence-corrected chi connectivity index (χ3v) is 3.37. The van der Waals surface area contributed by atoms with Gasteiger partial charge in [0.15, 0.2) is 0 Å². The zero-order valence-corrected chi connectivity index (χ0v) is 10.8. The van der Waals surface area contributed by atoms with Crippen molar-refractivity contribution in [2.75, 3.05) is 19.6 Å². The molecule has 4 heteroatoms. The second-order valence-electron chi connectivity index (χ2n) is 4.77. The SMILES string of the molecule is CCN(CCNCc1cc(F)ccc1F)C1CC1. The van der Waals surface area contributed by atoms with Crippen LogP contribution in [0.15, 0.2) is 18.2 Å². The third-order valence-electron chi connectivity index (χ3n) is 3.37. The summed E-state index contributed by atoms with van der Waals surface area (Å²) in [5, 5.41) is 3.17. The van der Waals surface area contributed by atoms with Crippen molar-refractivity contribution in [3.63, 3.8) is 0 Å². The van der Waals surface area contributed by atoms with Crippen LogP contribution in [0, 0.1) is 11.6 Å². The van der Waals surface area contributed by atoms with E-state index in [4.69, 9.17) is 0 Å². The van der Waals surface area contributed by atoms with Gasteiger partial charge in [-0.2, -0.15) is 0 Å². The van der Waals surface area contributed by atoms with Gasteiger partial charge in [-0.05, 0) is 37.6 Å². The predicted octanol–water partition coefficient (Wildman–Crippen LogP) is 2.54. The summed E-state index contributed by atoms with van der Waals surface area (Å²) in [6, 6.07) is 4.32. The van der Waals surface area contributed by atoms with Crippen molar-refractivity contribution in [2.24, 2.45) is 0 Å². The average molecular weight is 254 g/mol. The van der Waals surface area contributed by atoms with E-state index < -0.39 is 0 Å². The van der Waals surface area contributed by atoms with Crippen molar-refractivity contribution in [3.05, 3.63) is 35.4 Å². The van der Waals surface area contributed by atoms with Gasteiger partial charge in [-0.3, -0.25) is 4.90 Å². The smallest absolute Gasteiger partial charge is 0.127 e. The number of likely N-dealkylation sites (N-methyl/N-ethyl adjacent to an activating group) is 1. The minimum Gasteiger partial charge on any atom is -0.311 e. The molecule has 0 unspecified atom stereocenters. The molecule has 18 heavy (non-hydrogen) atoms. The zero-order valence-electron chi connectivity index (χ0n) is 10.8. The number of hydrogen-bond donors (Lipinski definition) is 1. The Balaban J connectivity index is 1.72. The Kier molecular flexibility index (Phi) is 4.66. The molecule has 0 aromatic heterocycles. The van der Waals surface area contributed by atoms with E-state index in [0.717, 1.165) is 31.7 Å². The molecule has 1 saturated carbocycles. The third kappa shape index (κ3) is 3.75. The van der Waals surface area contributed by atoms with Crippen LogP contribution < -0.4 is 5.32 Å². The van der Waals surface area contributed by atoms with E-state index in [0.29, 0.717) is 12.1 Å². The van der Waals surface area contributed by atoms with E-state index >= 15 is 0 Å². The predicted molar refractivity (Wildman–Crippen MR) is 68.3 cm³/mol. The summed E-state index contributed by atoms with van der Waals surface area (Å²) >= 11 is 0. The lowest BCUT2D eigenvalue weighted by atomic mass is 10.2. The molecule has 1 aliphatic rings. The number of nitrogens with one attached hydrogen (secondary N) is 1. The van der Waals surface area contributed by atoms with Gasteiger partial charge in [0.2, 0.25) is 0 Å². The summed E-state index contributed by atoms with van der Waals surface area (Å²) in [7, 11) is 0. The monoisotopic (exact) mass is 254 g/mol. The van der Waals surface area contributed by atoms with E-state index in [-0.39, 0.29) is 11.6 Å². The normalized spacial score (nSPS) is 15.3. The molecule has 2 nitrogen and oxygen atoms in total. The highest BCUT2D eigenvalue weighted by atomic mass is 19.1. The highest BCUT2D eigenvalue weighted by molar-refractivity contribution is 5.18. The maximum absolute atomic E-state index is 13.3. The lowest BCUT2D eigenvalue weighted by Crippen LogP contribution is -2.33. The molecule has 0 amide bonds. The molecule has 0 spiro atoms. The Morgan fingerprint density at radius 1 is 1.33 bits per heavy atom. The first kappa shape index (κ1) is 13.4. The molecule has 1 aromatic carbocycles. The van der Waals surface area contributed by atoms with E-state index in [2.05, 4.69) is 17.1 Å². The number of halogens is 2. The van der Waals surface area contributed by atoms with Crippen LogP contribution in [0.3, 0.4) is 0 Å². The fourth-order valence-electron chi connectivity index (χ4n) is 2.16. The Morgan fingerprint density at radius 3 is 2.78 bits per heavy atom. The van der Waals surface area contributed by atoms with Gasteiger partial charge in [-0.1, -0.05) is 6.92 Å². The van der Waals surface area contributed by atoms with E-state index in [1.807, 2.05) is 0 Å². The Hall–Kier alpha value is -1.00. The van der Waals surface area contributed by atoms with Crippen molar-refractivity contribution in [1.29, 1.82) is 0 Å². The van der Waals surface area contributed by atoms with Crippen LogP contribution >= 0.6 is 0 Å². The average Bonchev–Trinajstić information content (AvgIpc) is 3.18. The summed E-state index contributed by atoms with van der Waals surface area (Å²) in [5.41, 5.74) is 0.393. The molecule has 0 aliphatic heterocycles. The van der Waals surface area contributed by atoms with Gasteiger partial charge < -0.3 is 5.32 Å². The molecule has 1 fully saturated rings. The van der Waals surface area contributed by atoms with Crippen molar-refractivity contribution in [3.8, 4) is 0 Å². The van der Waals surface area contributed by atoms with Crippen LogP contribution in [-0.2, 0) is 6.54 Å². The second-order valence-corrected chi connectivity index (χ2v) is 4.77. The molecule has 2 rings (SSSR count). The molecule has 1 N–H and O–H groups in total. The summed E-state index contributed by atoms with van der Waals surface area (Å²) in [5.74, 6) is -0.736. The molecule has 0 radical (unpaired) electrons. The summed E-state index contributed by atoms with van der Waals surface area (Å²) in [4.78, 5) is 2.43. The van der Waals surface area contributed by atoms with Gasteiger partial charge in [0.1, 0.15) is 11.6 Å². The minimum atomic E-state index is -0.388. The quantitative estimate of drug-likeness (QED) is 0.752. The van der Waals surface area contributed by atoms with Crippen LogP contribution in [0.2, 0.25) is 0 Å². The number of nitrogens with zero attached hydrogens (tertiary/aromatic N) is 1. The van der Waals surface area contributed by atoms with Crippen LogP contribution in [0.4, 0.5) is 8.78 Å². The molecule has 0 atom stereocenters. The first-order valence-corrected chi connectivity index (χ1v) is 6.59. The fourth-order valence-corrected chi connectivity index (χ4v) is 2.16. The Morgan fingerprint density at radius 2 is 2.11 bits per heavy atom. The van der Waals surface area contributed by atoms with Gasteiger partial charge >= 0.3 is 0 Å². The van der Waals surface area contributed by atoms with Crippen molar-refractivity contribution in [2.45, 2.75) is 32.4 Å². The lowest BCUT2D eigenvalue weighted by Gasteiger charge is -2.19. The minimum absolute atomic E-state index is 0.349. The topological polar surface area (TPSA) is 15.3 Å². The molecular weight excluding hydrogens is 234 g/mol. The maximum Gasteiger partial charge on any atom is 0.127 e. The maximum atomic E-state index is 13.3. The van der Waals surface area contributed by atoms with Gasteiger partial charge in [-0.15, -0.1) is 0 Å². The van der Waals surface area contributed by atoms with Crippen LogP contribution in [0.25, 0.3) is 0 Å². The van der Waals surface area contributed by atoms with Gasteiger partial charge in [0.05, 0.1) is 0 Å². The Labute approximate surface area is 107 Å². The molecule has 1 aromatic rings. The standard InChI is InChI=1S/C14H20F2N2/c1-2-18(13-4-5-13)8-7-17-10-11-9-12(15)3-6-14(11)16/h3,6,9,13,17H,2,4-5,7-8,10H2,1H3. The highest BCUT2D eigenvalue weighted by Gasteiger charge is 2.26. The molecule has 0 bridgehead atoms. The molecule has 0 heterocycles. The van der Waals surface area contributed by atoms with Crippen molar-refractivity contribution < 1.29 is 8.78 Å².